The van der Waals surface area contributed by atoms with Gasteiger partial charge >= 0.3 is 6.09 Å². The fourth-order valence-corrected chi connectivity index (χ4v) is 0.893. The van der Waals surface area contributed by atoms with Crippen LogP contribution in [0.2, 0.25) is 0 Å². The fourth-order valence-electron chi connectivity index (χ4n) is 0.724. The van der Waals surface area contributed by atoms with Gasteiger partial charge in [0.05, 0.1) is 26.4 Å². The number of carbonyl (C=O) groups excluding carboxylic acids is 1. The van der Waals surface area contributed by atoms with E-state index in [1.807, 2.05) is 0 Å². The maximum atomic E-state index is 11.3. The summed E-state index contributed by atoms with van der Waals surface area (Å²) in [6.07, 6.45) is -1.63. The second-order valence-corrected chi connectivity index (χ2v) is 3.16. The molecule has 0 aromatic carbocycles. The summed E-state index contributed by atoms with van der Waals surface area (Å²) in [5, 5.41) is 18.5. The molecule has 0 radical (unpaired) electrons. The molecule has 0 saturated heterocycles. The Labute approximate surface area is 98.8 Å². The molecule has 96 valence electrons. The van der Waals surface area contributed by atoms with Gasteiger partial charge < -0.3 is 14.9 Å². The van der Waals surface area contributed by atoms with E-state index in [1.165, 1.54) is 0 Å². The molecule has 8 heteroatoms. The number of nitrogens with zero attached hydrogens (tertiary/aromatic N) is 1. The largest absolute Gasteiger partial charge is 0.449 e. The molecule has 7 nitrogen and oxygen atoms in total. The number of aliphatic hydroxyl groups excluding tert-OH is 2. The molecular weight excluding hydrogens is 240 g/mol. The molecule has 1 unspecified atom stereocenters. The molecule has 0 spiro atoms. The van der Waals surface area contributed by atoms with E-state index in [0.717, 1.165) is 5.01 Å². The molecule has 16 heavy (non-hydrogen) atoms. The predicted octanol–water partition coefficient (Wildman–Crippen LogP) is -0.527. The number of ether oxygens (including phenoxy) is 1. The average Bonchev–Trinajstić information content (AvgIpc) is 2.28. The van der Waals surface area contributed by atoms with Crippen molar-refractivity contribution in [1.82, 2.24) is 10.6 Å². The number of carbonyl (C=O) groups is 1. The molecule has 0 bridgehead atoms. The van der Waals surface area contributed by atoms with Crippen molar-refractivity contribution in [2.75, 3.05) is 32.2 Å². The Morgan fingerprint density at radius 1 is 1.62 bits per heavy atom. The maximum Gasteiger partial charge on any atom is 0.426 e. The van der Waals surface area contributed by atoms with Gasteiger partial charge in [-0.2, -0.15) is 0 Å². The zero-order valence-electron chi connectivity index (χ0n) is 9.06. The van der Waals surface area contributed by atoms with Crippen LogP contribution in [0, 0.1) is 0 Å². The van der Waals surface area contributed by atoms with E-state index < -0.39 is 18.8 Å². The first-order valence-electron chi connectivity index (χ1n) is 4.82. The van der Waals surface area contributed by atoms with Crippen molar-refractivity contribution in [3.63, 3.8) is 0 Å². The SMILES string of the molecule is CCOC(=O)N(CCCl)NOCC(O)CO. The van der Waals surface area contributed by atoms with Crippen molar-refractivity contribution in [3.05, 3.63) is 0 Å². The average molecular weight is 257 g/mol. The second kappa shape index (κ2) is 9.61. The molecule has 0 aromatic rings. The minimum atomic E-state index is -1.01. The van der Waals surface area contributed by atoms with Gasteiger partial charge in [-0.25, -0.2) is 9.80 Å². The summed E-state index contributed by atoms with van der Waals surface area (Å²) in [5.74, 6) is 0.206. The Balaban J connectivity index is 3.88. The van der Waals surface area contributed by atoms with Crippen LogP contribution in [0.1, 0.15) is 6.92 Å². The Kier molecular flexibility index (Phi) is 9.25. The van der Waals surface area contributed by atoms with E-state index in [4.69, 9.17) is 31.4 Å². The van der Waals surface area contributed by atoms with E-state index in [0.29, 0.717) is 0 Å². The van der Waals surface area contributed by atoms with Crippen molar-refractivity contribution in [2.24, 2.45) is 0 Å². The zero-order chi connectivity index (χ0) is 12.4. The van der Waals surface area contributed by atoms with E-state index in [9.17, 15) is 4.79 Å². The lowest BCUT2D eigenvalue weighted by Crippen LogP contribution is -2.45. The van der Waals surface area contributed by atoms with Gasteiger partial charge in [-0.05, 0) is 6.92 Å². The normalized spacial score (nSPS) is 12.2. The third-order valence-electron chi connectivity index (χ3n) is 1.46. The quantitative estimate of drug-likeness (QED) is 0.400. The van der Waals surface area contributed by atoms with Gasteiger partial charge in [0, 0.05) is 5.88 Å². The number of hydrogen-bond acceptors (Lipinski definition) is 6. The van der Waals surface area contributed by atoms with E-state index in [1.54, 1.807) is 6.92 Å². The summed E-state index contributed by atoms with van der Waals surface area (Å²) in [5.41, 5.74) is 2.27. The van der Waals surface area contributed by atoms with Crippen LogP contribution in [0.4, 0.5) is 4.79 Å². The van der Waals surface area contributed by atoms with Crippen LogP contribution in [-0.4, -0.2) is 59.7 Å². The third-order valence-corrected chi connectivity index (χ3v) is 1.63. The Morgan fingerprint density at radius 3 is 2.81 bits per heavy atom. The number of nitrogens with one attached hydrogen (secondary N) is 1. The zero-order valence-corrected chi connectivity index (χ0v) is 9.81. The molecule has 0 rings (SSSR count). The van der Waals surface area contributed by atoms with Crippen LogP contribution in [0.5, 0.6) is 0 Å². The Hall–Kier alpha value is -0.600. The molecule has 1 atom stereocenters. The number of amides is 1. The van der Waals surface area contributed by atoms with Crippen LogP contribution < -0.4 is 5.59 Å². The van der Waals surface area contributed by atoms with Crippen LogP contribution in [0.3, 0.4) is 0 Å². The highest BCUT2D eigenvalue weighted by atomic mass is 35.5. The Bertz CT molecular complexity index is 195. The molecule has 3 N–H and O–H groups in total. The lowest BCUT2D eigenvalue weighted by atomic mass is 10.4. The smallest absolute Gasteiger partial charge is 0.426 e. The molecular formula is C8H17ClN2O5. The van der Waals surface area contributed by atoms with Crippen molar-refractivity contribution in [1.29, 1.82) is 0 Å². The number of alkyl halides is 1. The third kappa shape index (κ3) is 6.81. The lowest BCUT2D eigenvalue weighted by molar-refractivity contribution is -0.104. The van der Waals surface area contributed by atoms with Gasteiger partial charge in [-0.15, -0.1) is 17.2 Å². The molecule has 0 aromatic heterocycles. The second-order valence-electron chi connectivity index (χ2n) is 2.78. The minimum Gasteiger partial charge on any atom is -0.449 e. The molecule has 0 heterocycles. The van der Waals surface area contributed by atoms with Crippen molar-refractivity contribution < 1.29 is 24.6 Å². The highest BCUT2D eigenvalue weighted by molar-refractivity contribution is 6.18. The number of aliphatic hydroxyl groups is 2. The monoisotopic (exact) mass is 256 g/mol. The van der Waals surface area contributed by atoms with Gasteiger partial charge in [0.2, 0.25) is 0 Å². The maximum absolute atomic E-state index is 11.3. The van der Waals surface area contributed by atoms with Gasteiger partial charge in [-0.3, -0.25) is 4.84 Å². The number of hydrazine groups is 1. The standard InChI is InChI=1S/C8H17ClN2O5/c1-2-15-8(14)11(4-3-9)10-16-6-7(13)5-12/h7,10,12-13H,2-6H2,1H3. The highest BCUT2D eigenvalue weighted by Crippen LogP contribution is 1.92. The van der Waals surface area contributed by atoms with Gasteiger partial charge in [0.1, 0.15) is 6.10 Å². The topological polar surface area (TPSA) is 91.3 Å². The van der Waals surface area contributed by atoms with Crippen LogP contribution in [0.25, 0.3) is 0 Å². The number of rotatable bonds is 8. The van der Waals surface area contributed by atoms with E-state index >= 15 is 0 Å². The summed E-state index contributed by atoms with van der Waals surface area (Å²) >= 11 is 5.47. The summed E-state index contributed by atoms with van der Waals surface area (Å²) in [7, 11) is 0. The Morgan fingerprint density at radius 2 is 2.31 bits per heavy atom. The first-order valence-corrected chi connectivity index (χ1v) is 5.35. The molecule has 0 aliphatic carbocycles. The minimum absolute atomic E-state index is 0.158. The van der Waals surface area contributed by atoms with Crippen molar-refractivity contribution in [2.45, 2.75) is 13.0 Å². The van der Waals surface area contributed by atoms with Crippen LogP contribution in [0.15, 0.2) is 0 Å². The summed E-state index contributed by atoms with van der Waals surface area (Å²) < 4.78 is 4.71. The van der Waals surface area contributed by atoms with Crippen LogP contribution >= 0.6 is 11.6 Å². The molecule has 0 aliphatic heterocycles. The lowest BCUT2D eigenvalue weighted by Gasteiger charge is -2.21. The summed E-state index contributed by atoms with van der Waals surface area (Å²) in [6.45, 7) is 1.52. The predicted molar refractivity (Wildman–Crippen MR) is 56.6 cm³/mol. The molecule has 1 amide bonds. The molecule has 0 saturated carbocycles. The first kappa shape index (κ1) is 15.4. The summed E-state index contributed by atoms with van der Waals surface area (Å²) in [4.78, 5) is 16.0. The number of hydrogen-bond donors (Lipinski definition) is 3. The van der Waals surface area contributed by atoms with Gasteiger partial charge in [0.15, 0.2) is 0 Å². The summed E-state index contributed by atoms with van der Waals surface area (Å²) in [6, 6.07) is 0. The molecule has 0 fully saturated rings. The number of halogens is 1. The van der Waals surface area contributed by atoms with Gasteiger partial charge in [0.25, 0.3) is 0 Å². The fraction of sp³-hybridized carbons (Fsp3) is 0.875. The molecule has 0 aliphatic rings. The van der Waals surface area contributed by atoms with Crippen LogP contribution in [-0.2, 0) is 9.57 Å². The van der Waals surface area contributed by atoms with Crippen molar-refractivity contribution >= 4 is 17.7 Å². The first-order chi connectivity index (χ1) is 7.65. The van der Waals surface area contributed by atoms with Gasteiger partial charge in [-0.1, -0.05) is 0 Å². The highest BCUT2D eigenvalue weighted by Gasteiger charge is 2.14. The van der Waals surface area contributed by atoms with Crippen molar-refractivity contribution in [3.8, 4) is 0 Å². The van der Waals surface area contributed by atoms with E-state index in [2.05, 4.69) is 5.59 Å². The van der Waals surface area contributed by atoms with E-state index in [-0.39, 0.29) is 25.6 Å².